The fraction of sp³-hybridized carbons (Fsp3) is 0.263. The van der Waals surface area contributed by atoms with Crippen LogP contribution in [0.15, 0.2) is 48.5 Å². The van der Waals surface area contributed by atoms with Crippen molar-refractivity contribution in [3.63, 3.8) is 0 Å². The molecule has 132 valence electrons. The summed E-state index contributed by atoms with van der Waals surface area (Å²) < 4.78 is 13.2. The van der Waals surface area contributed by atoms with Crippen LogP contribution in [0.3, 0.4) is 0 Å². The van der Waals surface area contributed by atoms with Gasteiger partial charge in [-0.1, -0.05) is 18.2 Å². The van der Waals surface area contributed by atoms with Crippen molar-refractivity contribution in [3.8, 4) is 0 Å². The molecule has 0 saturated heterocycles. The van der Waals surface area contributed by atoms with Crippen molar-refractivity contribution in [3.05, 3.63) is 65.5 Å². The quantitative estimate of drug-likeness (QED) is 0.848. The molecule has 2 aromatic carbocycles. The smallest absolute Gasteiger partial charge is 0.251 e. The second-order valence-electron chi connectivity index (χ2n) is 5.85. The first kappa shape index (κ1) is 18.4. The summed E-state index contributed by atoms with van der Waals surface area (Å²) in [6, 6.07) is 12.6. The molecule has 0 heterocycles. The number of rotatable bonds is 6. The van der Waals surface area contributed by atoms with E-state index in [1.165, 1.54) is 17.0 Å². The number of benzene rings is 2. The van der Waals surface area contributed by atoms with E-state index in [1.54, 1.807) is 57.4 Å². The molecule has 25 heavy (non-hydrogen) atoms. The summed E-state index contributed by atoms with van der Waals surface area (Å²) in [7, 11) is 3.24. The van der Waals surface area contributed by atoms with E-state index in [4.69, 9.17) is 0 Å². The van der Waals surface area contributed by atoms with Crippen molar-refractivity contribution in [2.45, 2.75) is 19.5 Å². The van der Waals surface area contributed by atoms with Gasteiger partial charge in [-0.05, 0) is 42.8 Å². The second-order valence-corrected chi connectivity index (χ2v) is 5.85. The SMILES string of the molecule is CNC(=O)c1cccc(NC(C)C(=O)N(C)Cc2cccc(F)c2)c1. The molecule has 2 aromatic rings. The van der Waals surface area contributed by atoms with E-state index < -0.39 is 6.04 Å². The topological polar surface area (TPSA) is 61.4 Å². The number of likely N-dealkylation sites (N-methyl/N-ethyl adjacent to an activating group) is 1. The predicted octanol–water partition coefficient (Wildman–Crippen LogP) is 2.64. The van der Waals surface area contributed by atoms with Gasteiger partial charge in [-0.25, -0.2) is 4.39 Å². The van der Waals surface area contributed by atoms with Gasteiger partial charge in [0.05, 0.1) is 0 Å². The number of hydrogen-bond donors (Lipinski definition) is 2. The molecule has 1 atom stereocenters. The molecule has 0 bridgehead atoms. The Kier molecular flexibility index (Phi) is 6.11. The molecule has 5 nitrogen and oxygen atoms in total. The lowest BCUT2D eigenvalue weighted by molar-refractivity contribution is -0.130. The van der Waals surface area contributed by atoms with Crippen LogP contribution in [0.25, 0.3) is 0 Å². The Balaban J connectivity index is 2.01. The summed E-state index contributed by atoms with van der Waals surface area (Å²) in [5.41, 5.74) is 1.92. The second kappa shape index (κ2) is 8.28. The van der Waals surface area contributed by atoms with Crippen molar-refractivity contribution in [2.75, 3.05) is 19.4 Å². The molecule has 6 heteroatoms. The molecule has 2 amide bonds. The van der Waals surface area contributed by atoms with Gasteiger partial charge in [-0.15, -0.1) is 0 Å². The van der Waals surface area contributed by atoms with E-state index in [2.05, 4.69) is 10.6 Å². The van der Waals surface area contributed by atoms with Crippen LogP contribution in [0.4, 0.5) is 10.1 Å². The molecule has 0 saturated carbocycles. The van der Waals surface area contributed by atoms with Crippen LogP contribution in [-0.4, -0.2) is 36.9 Å². The van der Waals surface area contributed by atoms with Crippen molar-refractivity contribution in [2.24, 2.45) is 0 Å². The van der Waals surface area contributed by atoms with Gasteiger partial charge in [0.2, 0.25) is 5.91 Å². The molecular formula is C19H22FN3O2. The molecule has 1 unspecified atom stereocenters. The molecule has 0 fully saturated rings. The molecular weight excluding hydrogens is 321 g/mol. The summed E-state index contributed by atoms with van der Waals surface area (Å²) in [6.45, 7) is 2.07. The molecule has 0 aromatic heterocycles. The third kappa shape index (κ3) is 5.04. The summed E-state index contributed by atoms with van der Waals surface area (Å²) in [6.07, 6.45) is 0. The van der Waals surface area contributed by atoms with Crippen molar-refractivity contribution < 1.29 is 14.0 Å². The minimum atomic E-state index is -0.488. The van der Waals surface area contributed by atoms with Gasteiger partial charge in [0, 0.05) is 31.9 Å². The summed E-state index contributed by atoms with van der Waals surface area (Å²) in [4.78, 5) is 25.7. The van der Waals surface area contributed by atoms with Crippen molar-refractivity contribution >= 4 is 17.5 Å². The zero-order valence-electron chi connectivity index (χ0n) is 14.5. The van der Waals surface area contributed by atoms with E-state index in [-0.39, 0.29) is 17.6 Å². The Bertz CT molecular complexity index is 764. The Hall–Kier alpha value is -2.89. The molecule has 0 spiro atoms. The average molecular weight is 343 g/mol. The number of nitrogens with one attached hydrogen (secondary N) is 2. The highest BCUT2D eigenvalue weighted by molar-refractivity contribution is 5.95. The molecule has 2 rings (SSSR count). The third-order valence-electron chi connectivity index (χ3n) is 3.79. The van der Waals surface area contributed by atoms with E-state index in [1.807, 2.05) is 0 Å². The van der Waals surface area contributed by atoms with Gasteiger partial charge in [-0.2, -0.15) is 0 Å². The van der Waals surface area contributed by atoms with Gasteiger partial charge in [0.25, 0.3) is 5.91 Å². The highest BCUT2D eigenvalue weighted by Crippen LogP contribution is 2.13. The van der Waals surface area contributed by atoms with Crippen LogP contribution >= 0.6 is 0 Å². The first-order chi connectivity index (χ1) is 11.9. The first-order valence-corrected chi connectivity index (χ1v) is 7.99. The number of halogens is 1. The molecule has 0 aliphatic rings. The normalized spacial score (nSPS) is 11.5. The number of carbonyl (C=O) groups excluding carboxylic acids is 2. The van der Waals surface area contributed by atoms with E-state index in [0.29, 0.717) is 17.8 Å². The first-order valence-electron chi connectivity index (χ1n) is 7.99. The van der Waals surface area contributed by atoms with E-state index in [9.17, 15) is 14.0 Å². The lowest BCUT2D eigenvalue weighted by atomic mass is 10.1. The molecule has 0 aliphatic heterocycles. The zero-order chi connectivity index (χ0) is 18.4. The van der Waals surface area contributed by atoms with Crippen LogP contribution in [0.1, 0.15) is 22.8 Å². The maximum Gasteiger partial charge on any atom is 0.251 e. The van der Waals surface area contributed by atoms with Crippen LogP contribution < -0.4 is 10.6 Å². The largest absolute Gasteiger partial charge is 0.374 e. The Morgan fingerprint density at radius 3 is 2.56 bits per heavy atom. The minimum absolute atomic E-state index is 0.130. The van der Waals surface area contributed by atoms with Crippen molar-refractivity contribution in [1.29, 1.82) is 0 Å². The monoisotopic (exact) mass is 343 g/mol. The highest BCUT2D eigenvalue weighted by atomic mass is 19.1. The molecule has 2 N–H and O–H groups in total. The van der Waals surface area contributed by atoms with Gasteiger partial charge >= 0.3 is 0 Å². The van der Waals surface area contributed by atoms with E-state index >= 15 is 0 Å². The van der Waals surface area contributed by atoms with Crippen LogP contribution in [0.2, 0.25) is 0 Å². The fourth-order valence-corrected chi connectivity index (χ4v) is 2.52. The van der Waals surface area contributed by atoms with Crippen LogP contribution in [0, 0.1) is 5.82 Å². The maximum atomic E-state index is 13.2. The van der Waals surface area contributed by atoms with Crippen LogP contribution in [-0.2, 0) is 11.3 Å². The standard InChI is InChI=1S/C19H22FN3O2/c1-13(22-17-9-5-7-15(11-17)18(24)21-2)19(25)23(3)12-14-6-4-8-16(20)10-14/h4-11,13,22H,12H2,1-3H3,(H,21,24). The lowest BCUT2D eigenvalue weighted by Gasteiger charge is -2.23. The lowest BCUT2D eigenvalue weighted by Crippen LogP contribution is -2.38. The zero-order valence-corrected chi connectivity index (χ0v) is 14.5. The summed E-state index contributed by atoms with van der Waals surface area (Å²) >= 11 is 0. The Morgan fingerprint density at radius 1 is 1.16 bits per heavy atom. The van der Waals surface area contributed by atoms with Gasteiger partial charge in [-0.3, -0.25) is 9.59 Å². The van der Waals surface area contributed by atoms with Crippen molar-refractivity contribution in [1.82, 2.24) is 10.2 Å². The number of nitrogens with zero attached hydrogens (tertiary/aromatic N) is 1. The Morgan fingerprint density at radius 2 is 1.88 bits per heavy atom. The molecule has 0 aliphatic carbocycles. The number of amides is 2. The highest BCUT2D eigenvalue weighted by Gasteiger charge is 2.18. The fourth-order valence-electron chi connectivity index (χ4n) is 2.52. The van der Waals surface area contributed by atoms with Crippen LogP contribution in [0.5, 0.6) is 0 Å². The van der Waals surface area contributed by atoms with Gasteiger partial charge in [0.15, 0.2) is 0 Å². The van der Waals surface area contributed by atoms with Gasteiger partial charge < -0.3 is 15.5 Å². The maximum absolute atomic E-state index is 13.2. The summed E-state index contributed by atoms with van der Waals surface area (Å²) in [5.74, 6) is -0.643. The number of anilines is 1. The number of carbonyl (C=O) groups is 2. The molecule has 0 radical (unpaired) electrons. The van der Waals surface area contributed by atoms with Gasteiger partial charge in [0.1, 0.15) is 11.9 Å². The summed E-state index contributed by atoms with van der Waals surface area (Å²) in [5, 5.41) is 5.66. The Labute approximate surface area is 146 Å². The van der Waals surface area contributed by atoms with E-state index in [0.717, 1.165) is 5.56 Å². The average Bonchev–Trinajstić information content (AvgIpc) is 2.60. The predicted molar refractivity (Wildman–Crippen MR) is 95.8 cm³/mol. The number of hydrogen-bond acceptors (Lipinski definition) is 3. The third-order valence-corrected chi connectivity index (χ3v) is 3.79. The minimum Gasteiger partial charge on any atom is -0.374 e.